The summed E-state index contributed by atoms with van der Waals surface area (Å²) in [5.74, 6) is 2.47. The van der Waals surface area contributed by atoms with Gasteiger partial charge in [0.05, 0.1) is 6.10 Å². The maximum Gasteiger partial charge on any atom is 0.248 e. The summed E-state index contributed by atoms with van der Waals surface area (Å²) in [4.78, 5) is 4.53. The molecule has 0 aliphatic heterocycles. The highest BCUT2D eigenvalue weighted by atomic mass is 16.3. The average Bonchev–Trinajstić information content (AvgIpc) is 3.14. The molecule has 0 aromatic carbocycles. The number of H-pyrrole nitrogens is 1. The minimum absolute atomic E-state index is 0.404. The van der Waals surface area contributed by atoms with E-state index >= 15 is 0 Å². The summed E-state index contributed by atoms with van der Waals surface area (Å²) in [7, 11) is 0. The molecule has 4 N–H and O–H groups in total. The van der Waals surface area contributed by atoms with Gasteiger partial charge >= 0.3 is 0 Å². The molecular formula is C16H21N7O. The van der Waals surface area contributed by atoms with Crippen LogP contribution in [0.25, 0.3) is 5.52 Å². The molecule has 0 bridgehead atoms. The van der Waals surface area contributed by atoms with Gasteiger partial charge < -0.3 is 15.7 Å². The van der Waals surface area contributed by atoms with Crippen LogP contribution in [0.2, 0.25) is 0 Å². The van der Waals surface area contributed by atoms with Gasteiger partial charge in [0, 0.05) is 30.4 Å². The highest BCUT2D eigenvalue weighted by molar-refractivity contribution is 5.69. The summed E-state index contributed by atoms with van der Waals surface area (Å²) in [5.41, 5.74) is 2.02. The van der Waals surface area contributed by atoms with Crippen molar-refractivity contribution in [3.8, 4) is 0 Å². The summed E-state index contributed by atoms with van der Waals surface area (Å²) < 4.78 is 1.75. The Bertz CT molecular complexity index is 836. The lowest BCUT2D eigenvalue weighted by Gasteiger charge is -2.12. The first-order chi connectivity index (χ1) is 11.7. The highest BCUT2D eigenvalue weighted by Crippen LogP contribution is 2.39. The zero-order valence-electron chi connectivity index (χ0n) is 13.5. The lowest BCUT2D eigenvalue weighted by molar-refractivity contribution is 0.183. The quantitative estimate of drug-likeness (QED) is 0.531. The predicted octanol–water partition coefficient (Wildman–Crippen LogP) is 2.26. The molecule has 4 rings (SSSR count). The number of fused-ring (bicyclic) bond motifs is 1. The Morgan fingerprint density at radius 2 is 2.33 bits per heavy atom. The number of hydrogen-bond donors (Lipinski definition) is 4. The molecule has 3 aromatic heterocycles. The second-order valence-electron chi connectivity index (χ2n) is 6.17. The van der Waals surface area contributed by atoms with Gasteiger partial charge in [-0.05, 0) is 31.4 Å². The molecule has 0 radical (unpaired) electrons. The lowest BCUT2D eigenvalue weighted by atomic mass is 10.3. The van der Waals surface area contributed by atoms with Crippen LogP contribution >= 0.6 is 0 Å². The van der Waals surface area contributed by atoms with E-state index in [9.17, 15) is 5.11 Å². The van der Waals surface area contributed by atoms with Crippen molar-refractivity contribution >= 4 is 23.1 Å². The van der Waals surface area contributed by atoms with E-state index in [-0.39, 0.29) is 0 Å². The molecular weight excluding hydrogens is 306 g/mol. The fraction of sp³-hybridized carbons (Fsp3) is 0.438. The summed E-state index contributed by atoms with van der Waals surface area (Å²) >= 11 is 0. The molecule has 1 aliphatic carbocycles. The SMILES string of the molecule is CCC(O)CNc1nc(Nc2cc(C3CC3)[nH]n2)nn2cccc12. The van der Waals surface area contributed by atoms with Crippen LogP contribution < -0.4 is 10.6 Å². The zero-order chi connectivity index (χ0) is 16.5. The van der Waals surface area contributed by atoms with Crippen molar-refractivity contribution in [2.24, 2.45) is 0 Å². The molecule has 0 amide bonds. The van der Waals surface area contributed by atoms with E-state index in [1.165, 1.54) is 12.8 Å². The van der Waals surface area contributed by atoms with Gasteiger partial charge in [-0.2, -0.15) is 10.1 Å². The van der Waals surface area contributed by atoms with Crippen LogP contribution in [0.15, 0.2) is 24.4 Å². The van der Waals surface area contributed by atoms with Crippen LogP contribution in [-0.4, -0.2) is 42.6 Å². The standard InChI is InChI=1S/C16H21N7O/c1-2-11(24)9-17-15-13-4-3-7-23(13)22-16(19-15)18-14-8-12(20-21-14)10-5-6-10/h3-4,7-8,10-11,24H,2,5-6,9H2,1H3,(H3,17,18,19,20,21,22). The number of rotatable bonds is 7. The van der Waals surface area contributed by atoms with Crippen molar-refractivity contribution in [2.75, 3.05) is 17.2 Å². The van der Waals surface area contributed by atoms with Crippen LogP contribution in [0.3, 0.4) is 0 Å². The molecule has 1 saturated carbocycles. The first-order valence-corrected chi connectivity index (χ1v) is 8.32. The maximum absolute atomic E-state index is 9.76. The Morgan fingerprint density at radius 1 is 1.46 bits per heavy atom. The molecule has 3 aromatic rings. The Hall–Kier alpha value is -2.61. The van der Waals surface area contributed by atoms with E-state index in [1.807, 2.05) is 31.3 Å². The van der Waals surface area contributed by atoms with Gasteiger partial charge in [-0.1, -0.05) is 6.92 Å². The van der Waals surface area contributed by atoms with Crippen molar-refractivity contribution in [1.82, 2.24) is 24.8 Å². The van der Waals surface area contributed by atoms with E-state index in [1.54, 1.807) is 4.52 Å². The van der Waals surface area contributed by atoms with Crippen LogP contribution in [-0.2, 0) is 0 Å². The topological polar surface area (TPSA) is 103 Å². The third-order valence-electron chi connectivity index (χ3n) is 4.22. The molecule has 1 unspecified atom stereocenters. The first kappa shape index (κ1) is 14.9. The molecule has 3 heterocycles. The van der Waals surface area contributed by atoms with E-state index < -0.39 is 6.10 Å². The molecule has 8 nitrogen and oxygen atoms in total. The Morgan fingerprint density at radius 3 is 3.12 bits per heavy atom. The number of aromatic nitrogens is 5. The number of aliphatic hydroxyl groups excluding tert-OH is 1. The van der Waals surface area contributed by atoms with Crippen molar-refractivity contribution in [2.45, 2.75) is 38.2 Å². The molecule has 126 valence electrons. The number of aromatic amines is 1. The summed E-state index contributed by atoms with van der Waals surface area (Å²) in [6.07, 6.45) is 4.60. The highest BCUT2D eigenvalue weighted by Gasteiger charge is 2.25. The van der Waals surface area contributed by atoms with Crippen molar-refractivity contribution in [1.29, 1.82) is 0 Å². The second kappa shape index (κ2) is 6.12. The fourth-order valence-electron chi connectivity index (χ4n) is 2.60. The lowest BCUT2D eigenvalue weighted by Crippen LogP contribution is -2.19. The Labute approximate surface area is 139 Å². The molecule has 8 heteroatoms. The summed E-state index contributed by atoms with van der Waals surface area (Å²) in [5, 5.41) is 27.9. The molecule has 1 atom stereocenters. The Balaban J connectivity index is 1.57. The molecule has 1 aliphatic rings. The van der Waals surface area contributed by atoms with Crippen LogP contribution in [0.4, 0.5) is 17.6 Å². The smallest absolute Gasteiger partial charge is 0.248 e. The predicted molar refractivity (Wildman–Crippen MR) is 91.6 cm³/mol. The van der Waals surface area contributed by atoms with Crippen molar-refractivity contribution in [3.63, 3.8) is 0 Å². The van der Waals surface area contributed by atoms with Gasteiger partial charge in [0.2, 0.25) is 5.95 Å². The fourth-order valence-corrected chi connectivity index (χ4v) is 2.60. The molecule has 0 spiro atoms. The molecule has 24 heavy (non-hydrogen) atoms. The zero-order valence-corrected chi connectivity index (χ0v) is 13.5. The third-order valence-corrected chi connectivity index (χ3v) is 4.22. The third kappa shape index (κ3) is 3.05. The number of nitrogens with one attached hydrogen (secondary N) is 3. The number of anilines is 3. The average molecular weight is 327 g/mol. The number of aliphatic hydroxyl groups is 1. The minimum atomic E-state index is -0.404. The monoisotopic (exact) mass is 327 g/mol. The van der Waals surface area contributed by atoms with E-state index in [0.29, 0.717) is 36.5 Å². The summed E-state index contributed by atoms with van der Waals surface area (Å²) in [6.45, 7) is 2.39. The second-order valence-corrected chi connectivity index (χ2v) is 6.17. The van der Waals surface area contributed by atoms with E-state index in [4.69, 9.17) is 0 Å². The van der Waals surface area contributed by atoms with Gasteiger partial charge in [0.1, 0.15) is 5.52 Å². The van der Waals surface area contributed by atoms with Gasteiger partial charge in [0.15, 0.2) is 11.6 Å². The largest absolute Gasteiger partial charge is 0.391 e. The first-order valence-electron chi connectivity index (χ1n) is 8.32. The minimum Gasteiger partial charge on any atom is -0.391 e. The molecule has 0 saturated heterocycles. The maximum atomic E-state index is 9.76. The number of nitrogens with zero attached hydrogens (tertiary/aromatic N) is 4. The summed E-state index contributed by atoms with van der Waals surface area (Å²) in [6, 6.07) is 5.86. The van der Waals surface area contributed by atoms with Gasteiger partial charge in [-0.3, -0.25) is 5.10 Å². The van der Waals surface area contributed by atoms with Gasteiger partial charge in [0.25, 0.3) is 0 Å². The molecule has 1 fully saturated rings. The van der Waals surface area contributed by atoms with Crippen LogP contribution in [0.1, 0.15) is 37.8 Å². The van der Waals surface area contributed by atoms with Gasteiger partial charge in [-0.15, -0.1) is 5.10 Å². The normalized spacial score (nSPS) is 15.6. The van der Waals surface area contributed by atoms with Crippen molar-refractivity contribution in [3.05, 3.63) is 30.1 Å². The van der Waals surface area contributed by atoms with Crippen LogP contribution in [0, 0.1) is 0 Å². The van der Waals surface area contributed by atoms with Crippen molar-refractivity contribution < 1.29 is 5.11 Å². The Kier molecular flexibility index (Phi) is 3.81. The van der Waals surface area contributed by atoms with E-state index in [0.717, 1.165) is 11.2 Å². The number of hydrogen-bond acceptors (Lipinski definition) is 6. The van der Waals surface area contributed by atoms with Crippen LogP contribution in [0.5, 0.6) is 0 Å². The van der Waals surface area contributed by atoms with Gasteiger partial charge in [-0.25, -0.2) is 4.52 Å². The van der Waals surface area contributed by atoms with E-state index in [2.05, 4.69) is 30.9 Å².